The fourth-order valence-electron chi connectivity index (χ4n) is 2.62. The van der Waals surface area contributed by atoms with Crippen molar-refractivity contribution in [2.24, 2.45) is 11.1 Å². The summed E-state index contributed by atoms with van der Waals surface area (Å²) in [6, 6.07) is 9.77. The summed E-state index contributed by atoms with van der Waals surface area (Å²) in [4.78, 5) is 12.1. The molecular formula is C15H23ClN2O. The Labute approximate surface area is 121 Å². The van der Waals surface area contributed by atoms with Gasteiger partial charge in [-0.25, -0.2) is 0 Å². The average molecular weight is 283 g/mol. The highest BCUT2D eigenvalue weighted by molar-refractivity contribution is 5.85. The van der Waals surface area contributed by atoms with Crippen LogP contribution in [0, 0.1) is 5.41 Å². The summed E-state index contributed by atoms with van der Waals surface area (Å²) in [6.07, 6.45) is 4.32. The quantitative estimate of drug-likeness (QED) is 0.892. The molecular weight excluding hydrogens is 260 g/mol. The minimum Gasteiger partial charge on any atom is -0.354 e. The zero-order chi connectivity index (χ0) is 13.0. The lowest BCUT2D eigenvalue weighted by Gasteiger charge is -2.23. The van der Waals surface area contributed by atoms with Crippen molar-refractivity contribution >= 4 is 18.3 Å². The molecule has 2 rings (SSSR count). The van der Waals surface area contributed by atoms with Gasteiger partial charge in [0.1, 0.15) is 0 Å². The molecule has 3 nitrogen and oxygen atoms in total. The number of hydrogen-bond acceptors (Lipinski definition) is 2. The summed E-state index contributed by atoms with van der Waals surface area (Å²) in [5.74, 6) is 0.159. The zero-order valence-corrected chi connectivity index (χ0v) is 12.2. The van der Waals surface area contributed by atoms with Crippen molar-refractivity contribution in [2.75, 3.05) is 6.54 Å². The molecule has 1 aromatic rings. The number of carbonyl (C=O) groups excluding carboxylic acids is 1. The fraction of sp³-hybridized carbons (Fsp3) is 0.533. The smallest absolute Gasteiger partial charge is 0.226 e. The summed E-state index contributed by atoms with van der Waals surface area (Å²) in [6.45, 7) is 2.57. The van der Waals surface area contributed by atoms with E-state index in [1.165, 1.54) is 0 Å². The SMILES string of the molecule is CC1(C(=O)NCC(N)c2ccccc2)CCCC1.Cl. The summed E-state index contributed by atoms with van der Waals surface area (Å²) in [5.41, 5.74) is 6.96. The Morgan fingerprint density at radius 1 is 1.32 bits per heavy atom. The largest absolute Gasteiger partial charge is 0.354 e. The molecule has 1 aromatic carbocycles. The van der Waals surface area contributed by atoms with Gasteiger partial charge in [-0.2, -0.15) is 0 Å². The normalized spacial score (nSPS) is 18.4. The second-order valence-electron chi connectivity index (χ2n) is 5.49. The molecule has 1 unspecified atom stereocenters. The maximum Gasteiger partial charge on any atom is 0.226 e. The van der Waals surface area contributed by atoms with Gasteiger partial charge in [-0.1, -0.05) is 50.1 Å². The van der Waals surface area contributed by atoms with Crippen molar-refractivity contribution < 1.29 is 4.79 Å². The summed E-state index contributed by atoms with van der Waals surface area (Å²) in [5, 5.41) is 3.00. The first-order valence-corrected chi connectivity index (χ1v) is 6.71. The molecule has 1 atom stereocenters. The number of hydrogen-bond donors (Lipinski definition) is 2. The van der Waals surface area contributed by atoms with E-state index >= 15 is 0 Å². The van der Waals surface area contributed by atoms with Gasteiger partial charge in [-0.3, -0.25) is 4.79 Å². The lowest BCUT2D eigenvalue weighted by atomic mass is 9.88. The van der Waals surface area contributed by atoms with E-state index in [2.05, 4.69) is 12.2 Å². The second-order valence-corrected chi connectivity index (χ2v) is 5.49. The molecule has 0 aliphatic heterocycles. The van der Waals surface area contributed by atoms with E-state index in [1.54, 1.807) is 0 Å². The number of nitrogens with one attached hydrogen (secondary N) is 1. The molecule has 0 bridgehead atoms. The van der Waals surface area contributed by atoms with Crippen LogP contribution in [0.3, 0.4) is 0 Å². The summed E-state index contributed by atoms with van der Waals surface area (Å²) >= 11 is 0. The van der Waals surface area contributed by atoms with E-state index < -0.39 is 0 Å². The third-order valence-corrected chi connectivity index (χ3v) is 3.97. The third kappa shape index (κ3) is 3.95. The van der Waals surface area contributed by atoms with Crippen LogP contribution in [0.2, 0.25) is 0 Å². The van der Waals surface area contributed by atoms with Gasteiger partial charge in [0.05, 0.1) is 0 Å². The van der Waals surface area contributed by atoms with Crippen LogP contribution < -0.4 is 11.1 Å². The number of carbonyl (C=O) groups is 1. The van der Waals surface area contributed by atoms with Crippen LogP contribution in [0.25, 0.3) is 0 Å². The third-order valence-electron chi connectivity index (χ3n) is 3.97. The van der Waals surface area contributed by atoms with Gasteiger partial charge >= 0.3 is 0 Å². The molecule has 1 fully saturated rings. The average Bonchev–Trinajstić information content (AvgIpc) is 2.85. The Morgan fingerprint density at radius 3 is 2.47 bits per heavy atom. The molecule has 0 spiro atoms. The number of benzene rings is 1. The van der Waals surface area contributed by atoms with E-state index in [0.717, 1.165) is 31.2 Å². The zero-order valence-electron chi connectivity index (χ0n) is 11.4. The predicted molar refractivity (Wildman–Crippen MR) is 80.2 cm³/mol. The Hall–Kier alpha value is -1.06. The molecule has 1 amide bonds. The highest BCUT2D eigenvalue weighted by Crippen LogP contribution is 2.37. The topological polar surface area (TPSA) is 55.1 Å². The summed E-state index contributed by atoms with van der Waals surface area (Å²) < 4.78 is 0. The summed E-state index contributed by atoms with van der Waals surface area (Å²) in [7, 11) is 0. The first-order valence-electron chi connectivity index (χ1n) is 6.71. The first-order chi connectivity index (χ1) is 8.62. The predicted octanol–water partition coefficient (Wildman–Crippen LogP) is 2.80. The van der Waals surface area contributed by atoms with E-state index in [0.29, 0.717) is 6.54 Å². The van der Waals surface area contributed by atoms with Crippen LogP contribution in [0.15, 0.2) is 30.3 Å². The van der Waals surface area contributed by atoms with Crippen LogP contribution in [0.5, 0.6) is 0 Å². The Kier molecular flexibility index (Phi) is 5.83. The van der Waals surface area contributed by atoms with Crippen LogP contribution in [0.1, 0.15) is 44.2 Å². The number of nitrogens with two attached hydrogens (primary N) is 1. The number of halogens is 1. The lowest BCUT2D eigenvalue weighted by molar-refractivity contribution is -0.129. The van der Waals surface area contributed by atoms with Crippen LogP contribution in [0.4, 0.5) is 0 Å². The van der Waals surface area contributed by atoms with Gasteiger partial charge in [0.2, 0.25) is 5.91 Å². The molecule has 1 saturated carbocycles. The first kappa shape index (κ1) is 16.0. The molecule has 4 heteroatoms. The van der Waals surface area contributed by atoms with E-state index in [1.807, 2.05) is 30.3 Å². The van der Waals surface area contributed by atoms with Crippen molar-refractivity contribution in [3.63, 3.8) is 0 Å². The molecule has 0 saturated heterocycles. The fourth-order valence-corrected chi connectivity index (χ4v) is 2.62. The Balaban J connectivity index is 0.00000180. The van der Waals surface area contributed by atoms with Crippen molar-refractivity contribution in [1.29, 1.82) is 0 Å². The van der Waals surface area contributed by atoms with Crippen molar-refractivity contribution in [3.8, 4) is 0 Å². The Morgan fingerprint density at radius 2 is 1.89 bits per heavy atom. The number of rotatable bonds is 4. The van der Waals surface area contributed by atoms with Crippen LogP contribution >= 0.6 is 12.4 Å². The van der Waals surface area contributed by atoms with E-state index in [4.69, 9.17) is 5.73 Å². The van der Waals surface area contributed by atoms with Crippen LogP contribution in [-0.2, 0) is 4.79 Å². The van der Waals surface area contributed by atoms with Crippen molar-refractivity contribution in [1.82, 2.24) is 5.32 Å². The van der Waals surface area contributed by atoms with Gasteiger partial charge in [-0.15, -0.1) is 12.4 Å². The van der Waals surface area contributed by atoms with E-state index in [-0.39, 0.29) is 29.8 Å². The van der Waals surface area contributed by atoms with Gasteiger partial charge in [0.25, 0.3) is 0 Å². The molecule has 19 heavy (non-hydrogen) atoms. The number of amides is 1. The van der Waals surface area contributed by atoms with Gasteiger partial charge in [0, 0.05) is 18.0 Å². The van der Waals surface area contributed by atoms with Crippen molar-refractivity contribution in [3.05, 3.63) is 35.9 Å². The highest BCUT2D eigenvalue weighted by Gasteiger charge is 2.35. The minimum atomic E-state index is -0.170. The van der Waals surface area contributed by atoms with Crippen LogP contribution in [-0.4, -0.2) is 12.5 Å². The van der Waals surface area contributed by atoms with Gasteiger partial charge in [0.15, 0.2) is 0 Å². The van der Waals surface area contributed by atoms with E-state index in [9.17, 15) is 4.79 Å². The maximum absolute atomic E-state index is 12.1. The van der Waals surface area contributed by atoms with Gasteiger partial charge in [-0.05, 0) is 18.4 Å². The molecule has 1 aliphatic carbocycles. The highest BCUT2D eigenvalue weighted by atomic mass is 35.5. The van der Waals surface area contributed by atoms with Crippen molar-refractivity contribution in [2.45, 2.75) is 38.6 Å². The molecule has 106 valence electrons. The monoisotopic (exact) mass is 282 g/mol. The molecule has 3 N–H and O–H groups in total. The molecule has 0 heterocycles. The minimum absolute atomic E-state index is 0. The molecule has 0 radical (unpaired) electrons. The molecule has 1 aliphatic rings. The standard InChI is InChI=1S/C15H22N2O.ClH/c1-15(9-5-6-10-15)14(18)17-11-13(16)12-7-3-2-4-8-12;/h2-4,7-8,13H,5-6,9-11,16H2,1H3,(H,17,18);1H. The second kappa shape index (κ2) is 6.92. The maximum atomic E-state index is 12.1. The molecule has 0 aromatic heterocycles. The lowest BCUT2D eigenvalue weighted by Crippen LogP contribution is -2.40. The van der Waals surface area contributed by atoms with Gasteiger partial charge < -0.3 is 11.1 Å². The Bertz CT molecular complexity index is 402.